The lowest BCUT2D eigenvalue weighted by molar-refractivity contribution is -0.124. The van der Waals surface area contributed by atoms with E-state index in [2.05, 4.69) is 11.2 Å². The molecule has 1 fully saturated rings. The third-order valence-electron chi connectivity index (χ3n) is 6.86. The summed E-state index contributed by atoms with van der Waals surface area (Å²) in [4.78, 5) is 40.4. The van der Waals surface area contributed by atoms with Crippen LogP contribution in [0.3, 0.4) is 0 Å². The summed E-state index contributed by atoms with van der Waals surface area (Å²) in [6.45, 7) is 0.211. The van der Waals surface area contributed by atoms with Gasteiger partial charge in [0.15, 0.2) is 11.5 Å². The number of primary amides is 1. The molecule has 43 heavy (non-hydrogen) atoms. The van der Waals surface area contributed by atoms with Gasteiger partial charge in [0, 0.05) is 35.3 Å². The van der Waals surface area contributed by atoms with Gasteiger partial charge in [0.1, 0.15) is 5.37 Å². The highest BCUT2D eigenvalue weighted by molar-refractivity contribution is 8.01. The summed E-state index contributed by atoms with van der Waals surface area (Å²) >= 11 is 1.18. The number of terminal acetylenes is 1. The van der Waals surface area contributed by atoms with Crippen molar-refractivity contribution in [2.75, 3.05) is 11.4 Å². The fourth-order valence-corrected chi connectivity index (χ4v) is 6.21. The van der Waals surface area contributed by atoms with Gasteiger partial charge in [0.25, 0.3) is 0 Å². The quantitative estimate of drug-likeness (QED) is 0.163. The number of phenolic OH excluding ortho intramolecular Hbond substituents is 2. The molecule has 9 heteroatoms. The van der Waals surface area contributed by atoms with Crippen molar-refractivity contribution in [2.24, 2.45) is 5.73 Å². The van der Waals surface area contributed by atoms with E-state index in [-0.39, 0.29) is 53.2 Å². The number of carbonyl (C=O) groups is 3. The Morgan fingerprint density at radius 1 is 1.02 bits per heavy atom. The Morgan fingerprint density at radius 2 is 1.81 bits per heavy atom. The molecule has 1 saturated heterocycles. The topological polar surface area (TPSA) is 133 Å². The zero-order valence-electron chi connectivity index (χ0n) is 27.7. The molecule has 0 bridgehead atoms. The molecule has 0 radical (unpaired) electrons. The maximum Gasteiger partial charge on any atom is 0.248 e. The zero-order chi connectivity index (χ0) is 34.9. The number of benzene rings is 4. The van der Waals surface area contributed by atoms with Crippen molar-refractivity contribution in [3.63, 3.8) is 0 Å². The highest BCUT2D eigenvalue weighted by Crippen LogP contribution is 2.48. The van der Waals surface area contributed by atoms with Gasteiger partial charge in [-0.3, -0.25) is 19.3 Å². The normalized spacial score (nSPS) is 17.7. The lowest BCUT2D eigenvalue weighted by atomic mass is 9.98. The molecule has 1 aliphatic rings. The first-order valence-electron chi connectivity index (χ1n) is 15.7. The number of nitrogens with two attached hydrogens (primary N) is 1. The SMILES string of the molecule is [2H]c1c([2H])c([2H])c(-c2ccc([C@@H]3S[C@H](CC(=O)NCCc4ccc(O)c(O)c4)C(=O)N3c3cccc(C(N)=O)c3)c(C#C)c2)c([2H])c1[2H]. The monoisotopic (exact) mass is 596 g/mol. The summed E-state index contributed by atoms with van der Waals surface area (Å²) in [6.07, 6.45) is 6.11. The molecule has 216 valence electrons. The molecule has 2 atom stereocenters. The number of carbonyl (C=O) groups excluding carboxylic acids is 3. The minimum atomic E-state index is -0.851. The van der Waals surface area contributed by atoms with E-state index in [1.165, 1.54) is 47.0 Å². The van der Waals surface area contributed by atoms with E-state index in [0.717, 1.165) is 0 Å². The first-order valence-corrected chi connectivity index (χ1v) is 14.1. The summed E-state index contributed by atoms with van der Waals surface area (Å²) in [5.41, 5.74) is 7.76. The number of hydrogen-bond acceptors (Lipinski definition) is 6. The van der Waals surface area contributed by atoms with Crippen LogP contribution < -0.4 is 16.0 Å². The fourth-order valence-electron chi connectivity index (χ4n) is 4.72. The Labute approximate surface area is 260 Å². The van der Waals surface area contributed by atoms with Crippen LogP contribution in [0.15, 0.2) is 90.9 Å². The minimum Gasteiger partial charge on any atom is -0.504 e. The molecule has 4 aromatic rings. The number of nitrogens with one attached hydrogen (secondary N) is 1. The van der Waals surface area contributed by atoms with Crippen molar-refractivity contribution in [1.82, 2.24) is 5.32 Å². The number of phenols is 2. The van der Waals surface area contributed by atoms with E-state index < -0.39 is 46.5 Å². The molecular formula is C34H29N3O5S. The summed E-state index contributed by atoms with van der Waals surface area (Å²) in [5, 5.41) is 20.4. The van der Waals surface area contributed by atoms with Gasteiger partial charge >= 0.3 is 0 Å². The smallest absolute Gasteiger partial charge is 0.248 e. The van der Waals surface area contributed by atoms with Gasteiger partial charge in [-0.15, -0.1) is 18.2 Å². The molecule has 1 aliphatic heterocycles. The van der Waals surface area contributed by atoms with Crippen molar-refractivity contribution in [2.45, 2.75) is 23.5 Å². The van der Waals surface area contributed by atoms with Gasteiger partial charge in [-0.1, -0.05) is 60.4 Å². The Bertz CT molecular complexity index is 1990. The standard InChI is InChI=1S/C34H29N3O5S/c1-2-22-18-24(23-7-4-3-5-8-23)12-13-27(22)34-37(26-10-6-9-25(19-26)32(35)41)33(42)30(43-34)20-31(40)36-16-15-21-11-14-28(38)29(39)17-21/h1,3-14,17-19,30,34,38-39H,15-16,20H2,(H2,35,41)(H,36,40)/t30-,34+/m1/s1/i3D,4D,5D,7D,8D. The lowest BCUT2D eigenvalue weighted by Crippen LogP contribution is -2.35. The molecule has 0 unspecified atom stereocenters. The van der Waals surface area contributed by atoms with E-state index in [1.807, 2.05) is 0 Å². The van der Waals surface area contributed by atoms with Crippen molar-refractivity contribution in [3.8, 4) is 35.0 Å². The first kappa shape index (κ1) is 23.4. The first-order chi connectivity index (χ1) is 22.8. The number of rotatable bonds is 9. The van der Waals surface area contributed by atoms with Crippen LogP contribution in [0, 0.1) is 12.3 Å². The second-order valence-electron chi connectivity index (χ2n) is 9.67. The van der Waals surface area contributed by atoms with Crippen LogP contribution in [-0.4, -0.2) is 39.7 Å². The third-order valence-corrected chi connectivity index (χ3v) is 8.28. The number of hydrogen-bond donors (Lipinski definition) is 4. The van der Waals surface area contributed by atoms with Crippen molar-refractivity contribution in [1.29, 1.82) is 0 Å². The van der Waals surface area contributed by atoms with Crippen LogP contribution in [-0.2, 0) is 16.0 Å². The molecule has 0 aliphatic carbocycles. The van der Waals surface area contributed by atoms with Gasteiger partial charge in [-0.2, -0.15) is 0 Å². The Balaban J connectivity index is 1.46. The third kappa shape index (κ3) is 6.50. The second-order valence-corrected chi connectivity index (χ2v) is 11.0. The number of amides is 3. The molecule has 0 aromatic heterocycles. The summed E-state index contributed by atoms with van der Waals surface area (Å²) in [6, 6.07) is 13.0. The fraction of sp³-hybridized carbons (Fsp3) is 0.147. The van der Waals surface area contributed by atoms with Gasteiger partial charge in [-0.25, -0.2) is 0 Å². The average molecular weight is 597 g/mol. The molecule has 0 spiro atoms. The van der Waals surface area contributed by atoms with E-state index in [9.17, 15) is 24.6 Å². The van der Waals surface area contributed by atoms with Gasteiger partial charge in [0.2, 0.25) is 17.7 Å². The van der Waals surface area contributed by atoms with E-state index >= 15 is 0 Å². The number of nitrogens with zero attached hydrogens (tertiary/aromatic N) is 1. The van der Waals surface area contributed by atoms with Crippen LogP contribution in [0.1, 0.15) is 45.7 Å². The molecule has 3 amide bonds. The summed E-state index contributed by atoms with van der Waals surface area (Å²) in [7, 11) is 0. The Morgan fingerprint density at radius 3 is 2.53 bits per heavy atom. The maximum absolute atomic E-state index is 14.0. The predicted molar refractivity (Wildman–Crippen MR) is 167 cm³/mol. The molecular weight excluding hydrogens is 562 g/mol. The second kappa shape index (κ2) is 12.8. The van der Waals surface area contributed by atoms with Crippen LogP contribution in [0.5, 0.6) is 11.5 Å². The van der Waals surface area contributed by atoms with Gasteiger partial charge in [-0.05, 0) is 59.5 Å². The van der Waals surface area contributed by atoms with Crippen molar-refractivity contribution >= 4 is 35.2 Å². The molecule has 8 nitrogen and oxygen atoms in total. The average Bonchev–Trinajstić information content (AvgIpc) is 3.39. The van der Waals surface area contributed by atoms with Crippen LogP contribution >= 0.6 is 11.8 Å². The highest BCUT2D eigenvalue weighted by Gasteiger charge is 2.43. The molecule has 5 N–H and O–H groups in total. The van der Waals surface area contributed by atoms with Crippen molar-refractivity contribution < 1.29 is 31.5 Å². The van der Waals surface area contributed by atoms with Gasteiger partial charge in [0.05, 0.1) is 12.1 Å². The maximum atomic E-state index is 14.0. The number of anilines is 1. The molecule has 1 heterocycles. The van der Waals surface area contributed by atoms with Crippen LogP contribution in [0.25, 0.3) is 11.1 Å². The lowest BCUT2D eigenvalue weighted by Gasteiger charge is -2.26. The van der Waals surface area contributed by atoms with Gasteiger partial charge < -0.3 is 21.3 Å². The zero-order valence-corrected chi connectivity index (χ0v) is 23.5. The Hall–Kier alpha value is -5.20. The molecule has 0 saturated carbocycles. The van der Waals surface area contributed by atoms with Crippen LogP contribution in [0.2, 0.25) is 0 Å². The number of aromatic hydroxyl groups is 2. The molecule has 5 rings (SSSR count). The number of thioether (sulfide) groups is 1. The minimum absolute atomic E-state index is 0.0257. The largest absolute Gasteiger partial charge is 0.504 e. The predicted octanol–water partition coefficient (Wildman–Crippen LogP) is 4.74. The van der Waals surface area contributed by atoms with E-state index in [4.69, 9.17) is 19.0 Å². The van der Waals surface area contributed by atoms with Crippen molar-refractivity contribution in [3.05, 3.63) is 113 Å². The Kier molecular flexibility index (Phi) is 6.93. The van der Waals surface area contributed by atoms with E-state index in [1.54, 1.807) is 30.3 Å². The highest BCUT2D eigenvalue weighted by atomic mass is 32.2. The summed E-state index contributed by atoms with van der Waals surface area (Å²) < 4.78 is 40.8. The molecule has 4 aromatic carbocycles. The summed E-state index contributed by atoms with van der Waals surface area (Å²) in [5.74, 6) is 0.559. The van der Waals surface area contributed by atoms with Crippen LogP contribution in [0.4, 0.5) is 5.69 Å². The van der Waals surface area contributed by atoms with E-state index in [0.29, 0.717) is 28.8 Å².